The molecule has 1 N–H and O–H groups in total. The summed E-state index contributed by atoms with van der Waals surface area (Å²) in [5, 5.41) is 9.32. The first kappa shape index (κ1) is 37.6. The molecular formula is C31H61N3O5. The molecule has 0 aliphatic rings. The molecule has 0 heterocycles. The number of aliphatic hydroxyl groups excluding tert-OH is 1. The van der Waals surface area contributed by atoms with Crippen LogP contribution in [0.4, 0.5) is 0 Å². The molecule has 0 radical (unpaired) electrons. The predicted octanol–water partition coefficient (Wildman–Crippen LogP) is 4.72. The quantitative estimate of drug-likeness (QED) is 0.0747. The zero-order valence-electron chi connectivity index (χ0n) is 25.5. The van der Waals surface area contributed by atoms with Crippen molar-refractivity contribution in [3.8, 4) is 0 Å². The summed E-state index contributed by atoms with van der Waals surface area (Å²) in [6.45, 7) is 12.7. The summed E-state index contributed by atoms with van der Waals surface area (Å²) in [5.74, 6) is -0.148. The van der Waals surface area contributed by atoms with Gasteiger partial charge in [0.25, 0.3) is 0 Å². The lowest BCUT2D eigenvalue weighted by Crippen LogP contribution is -2.35. The fraction of sp³-hybridized carbons (Fsp3) is 0.903. The van der Waals surface area contributed by atoms with Crippen LogP contribution in [0, 0.1) is 0 Å². The Morgan fingerprint density at radius 1 is 0.590 bits per heavy atom. The first-order valence-electron chi connectivity index (χ1n) is 15.9. The molecule has 0 aliphatic carbocycles. The molecule has 0 fully saturated rings. The Bertz CT molecular complexity index is 564. The SMILES string of the molecule is CCCCCCCCCCOC(=O)CCN(CCC=O)CCCN(CCCO)CCCN(CCC)CCC=O. The van der Waals surface area contributed by atoms with E-state index in [-0.39, 0.29) is 12.6 Å². The van der Waals surface area contributed by atoms with Crippen molar-refractivity contribution in [2.45, 2.75) is 110 Å². The molecule has 8 nitrogen and oxygen atoms in total. The van der Waals surface area contributed by atoms with Gasteiger partial charge in [0, 0.05) is 45.6 Å². The Balaban J connectivity index is 4.32. The van der Waals surface area contributed by atoms with Crippen molar-refractivity contribution in [2.24, 2.45) is 0 Å². The number of hydrogen-bond acceptors (Lipinski definition) is 8. The van der Waals surface area contributed by atoms with Crippen molar-refractivity contribution in [3.05, 3.63) is 0 Å². The minimum Gasteiger partial charge on any atom is -0.466 e. The van der Waals surface area contributed by atoms with Crippen LogP contribution in [0.15, 0.2) is 0 Å². The van der Waals surface area contributed by atoms with Gasteiger partial charge in [-0.05, 0) is 64.8 Å². The number of nitrogens with zero attached hydrogens (tertiary/aromatic N) is 3. The van der Waals surface area contributed by atoms with Gasteiger partial charge in [0.05, 0.1) is 13.0 Å². The molecule has 0 amide bonds. The molecule has 0 saturated heterocycles. The molecule has 0 aromatic heterocycles. The summed E-state index contributed by atoms with van der Waals surface area (Å²) in [7, 11) is 0. The van der Waals surface area contributed by atoms with Gasteiger partial charge in [-0.2, -0.15) is 0 Å². The third-order valence-electron chi connectivity index (χ3n) is 7.09. The first-order valence-corrected chi connectivity index (χ1v) is 15.9. The predicted molar refractivity (Wildman–Crippen MR) is 160 cm³/mol. The number of carbonyl (C=O) groups excluding carboxylic acids is 3. The van der Waals surface area contributed by atoms with E-state index in [1.165, 1.54) is 38.5 Å². The van der Waals surface area contributed by atoms with E-state index in [1.54, 1.807) is 0 Å². The van der Waals surface area contributed by atoms with Crippen molar-refractivity contribution in [1.29, 1.82) is 0 Å². The number of unbranched alkanes of at least 4 members (excludes halogenated alkanes) is 7. The van der Waals surface area contributed by atoms with Gasteiger partial charge in [-0.25, -0.2) is 0 Å². The van der Waals surface area contributed by atoms with Crippen LogP contribution in [0.1, 0.15) is 110 Å². The second-order valence-corrected chi connectivity index (χ2v) is 10.7. The molecule has 230 valence electrons. The fourth-order valence-electron chi connectivity index (χ4n) is 4.87. The van der Waals surface area contributed by atoms with E-state index < -0.39 is 0 Å². The smallest absolute Gasteiger partial charge is 0.307 e. The molecular weight excluding hydrogens is 494 g/mol. The van der Waals surface area contributed by atoms with Crippen LogP contribution in [0.2, 0.25) is 0 Å². The monoisotopic (exact) mass is 555 g/mol. The summed E-state index contributed by atoms with van der Waals surface area (Å²) in [6, 6.07) is 0. The summed E-state index contributed by atoms with van der Waals surface area (Å²) >= 11 is 0. The number of carbonyl (C=O) groups is 3. The van der Waals surface area contributed by atoms with Crippen LogP contribution in [-0.2, 0) is 19.1 Å². The highest BCUT2D eigenvalue weighted by Gasteiger charge is 2.12. The van der Waals surface area contributed by atoms with Crippen LogP contribution in [0.5, 0.6) is 0 Å². The molecule has 0 aromatic carbocycles. The summed E-state index contributed by atoms with van der Waals surface area (Å²) < 4.78 is 5.44. The molecule has 0 aliphatic heterocycles. The maximum Gasteiger partial charge on any atom is 0.307 e. The highest BCUT2D eigenvalue weighted by molar-refractivity contribution is 5.69. The normalized spacial score (nSPS) is 11.5. The van der Waals surface area contributed by atoms with E-state index in [4.69, 9.17) is 4.74 Å². The van der Waals surface area contributed by atoms with Gasteiger partial charge in [-0.15, -0.1) is 0 Å². The van der Waals surface area contributed by atoms with Crippen LogP contribution in [-0.4, -0.2) is 110 Å². The zero-order chi connectivity index (χ0) is 28.8. The van der Waals surface area contributed by atoms with Gasteiger partial charge in [0.1, 0.15) is 12.6 Å². The Morgan fingerprint density at radius 3 is 1.59 bits per heavy atom. The van der Waals surface area contributed by atoms with E-state index in [2.05, 4.69) is 28.5 Å². The summed E-state index contributed by atoms with van der Waals surface area (Å²) in [6.07, 6.45) is 16.9. The van der Waals surface area contributed by atoms with E-state index in [1.807, 2.05) is 0 Å². The third-order valence-corrected chi connectivity index (χ3v) is 7.09. The number of ether oxygens (including phenoxy) is 1. The Morgan fingerprint density at radius 2 is 1.08 bits per heavy atom. The zero-order valence-corrected chi connectivity index (χ0v) is 25.5. The topological polar surface area (TPSA) is 90.4 Å². The minimum absolute atomic E-state index is 0.148. The van der Waals surface area contributed by atoms with Crippen LogP contribution in [0.3, 0.4) is 0 Å². The molecule has 0 spiro atoms. The average Bonchev–Trinajstić information content (AvgIpc) is 2.94. The van der Waals surface area contributed by atoms with Crippen molar-refractivity contribution in [2.75, 3.05) is 72.1 Å². The lowest BCUT2D eigenvalue weighted by Gasteiger charge is -2.27. The van der Waals surface area contributed by atoms with Gasteiger partial charge in [-0.1, -0.05) is 58.8 Å². The Kier molecular flexibility index (Phi) is 28.6. The maximum absolute atomic E-state index is 12.2. The second kappa shape index (κ2) is 29.6. The van der Waals surface area contributed by atoms with Gasteiger partial charge in [-0.3, -0.25) is 4.79 Å². The maximum atomic E-state index is 12.2. The van der Waals surface area contributed by atoms with Gasteiger partial charge in [0.2, 0.25) is 0 Å². The molecule has 0 bridgehead atoms. The number of aliphatic hydroxyl groups is 1. The lowest BCUT2D eigenvalue weighted by molar-refractivity contribution is -0.144. The van der Waals surface area contributed by atoms with Crippen LogP contribution < -0.4 is 0 Å². The van der Waals surface area contributed by atoms with Crippen molar-refractivity contribution >= 4 is 18.5 Å². The van der Waals surface area contributed by atoms with E-state index in [0.29, 0.717) is 39.0 Å². The van der Waals surface area contributed by atoms with E-state index in [9.17, 15) is 19.5 Å². The van der Waals surface area contributed by atoms with Crippen molar-refractivity contribution in [1.82, 2.24) is 14.7 Å². The lowest BCUT2D eigenvalue weighted by atomic mass is 10.1. The molecule has 0 rings (SSSR count). The number of hydrogen-bond donors (Lipinski definition) is 1. The molecule has 0 unspecified atom stereocenters. The number of aldehydes is 2. The Hall–Kier alpha value is -1.35. The standard InChI is InChI=1S/C31H61N3O5/c1-3-5-6-7-8-9-10-11-30-39-31(38)17-26-34(25-16-29-37)22-13-21-33(24-15-28-36)20-12-19-32(18-4-2)23-14-27-35/h27,29,36H,3-26,28,30H2,1-2H3. The van der Waals surface area contributed by atoms with Gasteiger partial charge < -0.3 is 34.1 Å². The average molecular weight is 556 g/mol. The third kappa shape index (κ3) is 25.4. The van der Waals surface area contributed by atoms with Crippen molar-refractivity contribution < 1.29 is 24.2 Å². The molecule has 0 saturated carbocycles. The number of rotatable bonds is 31. The number of esters is 1. The Labute approximate surface area is 239 Å². The van der Waals surface area contributed by atoms with Gasteiger partial charge >= 0.3 is 5.97 Å². The van der Waals surface area contributed by atoms with Crippen LogP contribution in [0.25, 0.3) is 0 Å². The largest absolute Gasteiger partial charge is 0.466 e. The molecule has 0 atom stereocenters. The van der Waals surface area contributed by atoms with E-state index >= 15 is 0 Å². The van der Waals surface area contributed by atoms with E-state index in [0.717, 1.165) is 96.9 Å². The second-order valence-electron chi connectivity index (χ2n) is 10.7. The van der Waals surface area contributed by atoms with Crippen LogP contribution >= 0.6 is 0 Å². The first-order chi connectivity index (χ1) is 19.1. The summed E-state index contributed by atoms with van der Waals surface area (Å²) in [5.41, 5.74) is 0. The molecule has 39 heavy (non-hydrogen) atoms. The van der Waals surface area contributed by atoms with Gasteiger partial charge in [0.15, 0.2) is 0 Å². The highest BCUT2D eigenvalue weighted by atomic mass is 16.5. The molecule has 8 heteroatoms. The highest BCUT2D eigenvalue weighted by Crippen LogP contribution is 2.09. The summed E-state index contributed by atoms with van der Waals surface area (Å²) in [4.78, 5) is 40.9. The molecule has 0 aromatic rings. The van der Waals surface area contributed by atoms with Crippen molar-refractivity contribution in [3.63, 3.8) is 0 Å². The fourth-order valence-corrected chi connectivity index (χ4v) is 4.87. The minimum atomic E-state index is -0.148.